The molecule has 22 heavy (non-hydrogen) atoms. The zero-order valence-corrected chi connectivity index (χ0v) is 14.8. The Kier molecular flexibility index (Phi) is 5.78. The van der Waals surface area contributed by atoms with Crippen LogP contribution in [0.5, 0.6) is 5.75 Å². The lowest BCUT2D eigenvalue weighted by atomic mass is 9.78. The number of rotatable bonds is 6. The van der Waals surface area contributed by atoms with E-state index >= 15 is 0 Å². The predicted octanol–water partition coefficient (Wildman–Crippen LogP) is 5.32. The maximum atomic E-state index is 12.3. The first kappa shape index (κ1) is 16.8. The summed E-state index contributed by atoms with van der Waals surface area (Å²) in [6, 6.07) is 16.0. The molecule has 0 heterocycles. The SMILES string of the molecule is CC[C@@H](c1cccc(Br)c1)[C@H](C(C)=O)c1ccc(OC)cc1. The fraction of sp³-hybridized carbons (Fsp3) is 0.316. The Morgan fingerprint density at radius 2 is 1.82 bits per heavy atom. The van der Waals surface area contributed by atoms with Crippen LogP contribution in [0.15, 0.2) is 53.0 Å². The van der Waals surface area contributed by atoms with Gasteiger partial charge >= 0.3 is 0 Å². The molecule has 3 heteroatoms. The second-order valence-corrected chi connectivity index (χ2v) is 6.35. The van der Waals surface area contributed by atoms with Gasteiger partial charge in [0.05, 0.1) is 7.11 Å². The summed E-state index contributed by atoms with van der Waals surface area (Å²) in [5.41, 5.74) is 2.23. The fourth-order valence-electron chi connectivity index (χ4n) is 2.96. The number of hydrogen-bond donors (Lipinski definition) is 0. The van der Waals surface area contributed by atoms with Crippen molar-refractivity contribution in [3.05, 3.63) is 64.1 Å². The lowest BCUT2D eigenvalue weighted by molar-refractivity contribution is -0.118. The van der Waals surface area contributed by atoms with Gasteiger partial charge in [-0.1, -0.05) is 47.1 Å². The van der Waals surface area contributed by atoms with Crippen molar-refractivity contribution >= 4 is 21.7 Å². The molecule has 0 fully saturated rings. The zero-order valence-electron chi connectivity index (χ0n) is 13.2. The first-order chi connectivity index (χ1) is 10.6. The molecule has 0 radical (unpaired) electrons. The monoisotopic (exact) mass is 360 g/mol. The van der Waals surface area contributed by atoms with E-state index in [2.05, 4.69) is 35.0 Å². The number of Topliss-reactive ketones (excluding diaryl/α,β-unsaturated/α-hetero) is 1. The Hall–Kier alpha value is -1.61. The highest BCUT2D eigenvalue weighted by Crippen LogP contribution is 2.37. The molecular weight excluding hydrogens is 340 g/mol. The highest BCUT2D eigenvalue weighted by Gasteiger charge is 2.27. The van der Waals surface area contributed by atoms with Crippen LogP contribution >= 0.6 is 15.9 Å². The molecule has 2 aromatic rings. The average Bonchev–Trinajstić information content (AvgIpc) is 2.52. The topological polar surface area (TPSA) is 26.3 Å². The summed E-state index contributed by atoms with van der Waals surface area (Å²) in [6.07, 6.45) is 0.909. The maximum absolute atomic E-state index is 12.3. The minimum Gasteiger partial charge on any atom is -0.497 e. The van der Waals surface area contributed by atoms with Crippen molar-refractivity contribution in [2.24, 2.45) is 0 Å². The van der Waals surface area contributed by atoms with E-state index in [4.69, 9.17) is 4.74 Å². The van der Waals surface area contributed by atoms with E-state index in [-0.39, 0.29) is 17.6 Å². The first-order valence-electron chi connectivity index (χ1n) is 7.46. The van der Waals surface area contributed by atoms with Crippen LogP contribution in [-0.4, -0.2) is 12.9 Å². The van der Waals surface area contributed by atoms with Crippen molar-refractivity contribution < 1.29 is 9.53 Å². The maximum Gasteiger partial charge on any atom is 0.137 e. The van der Waals surface area contributed by atoms with Gasteiger partial charge in [0.15, 0.2) is 0 Å². The molecule has 0 aliphatic heterocycles. The van der Waals surface area contributed by atoms with E-state index in [1.165, 1.54) is 5.56 Å². The van der Waals surface area contributed by atoms with Crippen LogP contribution in [0.25, 0.3) is 0 Å². The van der Waals surface area contributed by atoms with Crippen molar-refractivity contribution in [3.63, 3.8) is 0 Å². The van der Waals surface area contributed by atoms with Gasteiger partial charge in [0, 0.05) is 10.4 Å². The van der Waals surface area contributed by atoms with E-state index < -0.39 is 0 Å². The Bertz CT molecular complexity index is 634. The zero-order chi connectivity index (χ0) is 16.1. The molecular formula is C19H21BrO2. The number of hydrogen-bond acceptors (Lipinski definition) is 2. The Morgan fingerprint density at radius 1 is 1.14 bits per heavy atom. The van der Waals surface area contributed by atoms with E-state index in [0.717, 1.165) is 22.2 Å². The van der Waals surface area contributed by atoms with E-state index in [1.807, 2.05) is 36.4 Å². The number of carbonyl (C=O) groups excluding carboxylic acids is 1. The van der Waals surface area contributed by atoms with Crippen molar-refractivity contribution in [1.82, 2.24) is 0 Å². The first-order valence-corrected chi connectivity index (χ1v) is 8.26. The third-order valence-corrected chi connectivity index (χ3v) is 4.53. The highest BCUT2D eigenvalue weighted by molar-refractivity contribution is 9.10. The molecule has 0 aliphatic carbocycles. The summed E-state index contributed by atoms with van der Waals surface area (Å²) in [7, 11) is 1.65. The molecule has 0 saturated carbocycles. The number of carbonyl (C=O) groups is 1. The van der Waals surface area contributed by atoms with Gasteiger partial charge in [-0.25, -0.2) is 0 Å². The third-order valence-electron chi connectivity index (χ3n) is 4.03. The standard InChI is InChI=1S/C19H21BrO2/c1-4-18(15-6-5-7-16(20)12-15)19(13(2)21)14-8-10-17(22-3)11-9-14/h5-12,18-19H,4H2,1-3H3/t18-,19+/m0/s1. The largest absolute Gasteiger partial charge is 0.497 e. The molecule has 116 valence electrons. The molecule has 2 aromatic carbocycles. The summed E-state index contributed by atoms with van der Waals surface area (Å²) < 4.78 is 6.25. The lowest BCUT2D eigenvalue weighted by Crippen LogP contribution is -2.18. The Morgan fingerprint density at radius 3 is 2.32 bits per heavy atom. The summed E-state index contributed by atoms with van der Waals surface area (Å²) in [5, 5.41) is 0. The van der Waals surface area contributed by atoms with Crippen LogP contribution in [0, 0.1) is 0 Å². The molecule has 0 aromatic heterocycles. The number of halogens is 1. The Labute approximate surface area is 140 Å². The van der Waals surface area contributed by atoms with Crippen LogP contribution in [0.3, 0.4) is 0 Å². The highest BCUT2D eigenvalue weighted by atomic mass is 79.9. The van der Waals surface area contributed by atoms with Crippen LogP contribution in [0.4, 0.5) is 0 Å². The van der Waals surface area contributed by atoms with E-state index in [1.54, 1.807) is 14.0 Å². The van der Waals surface area contributed by atoms with Gasteiger partial charge in [-0.3, -0.25) is 4.79 Å². The number of methoxy groups -OCH3 is 1. The molecule has 0 amide bonds. The second kappa shape index (κ2) is 7.59. The van der Waals surface area contributed by atoms with Crippen molar-refractivity contribution in [2.45, 2.75) is 32.1 Å². The van der Waals surface area contributed by atoms with Crippen LogP contribution < -0.4 is 4.74 Å². The molecule has 2 rings (SSSR count). The quantitative estimate of drug-likeness (QED) is 0.696. The summed E-state index contributed by atoms with van der Waals surface area (Å²) in [4.78, 5) is 12.3. The second-order valence-electron chi connectivity index (χ2n) is 5.43. The van der Waals surface area contributed by atoms with Crippen LogP contribution in [-0.2, 0) is 4.79 Å². The Balaban J connectivity index is 2.41. The molecule has 0 spiro atoms. The van der Waals surface area contributed by atoms with Crippen molar-refractivity contribution in [2.75, 3.05) is 7.11 Å². The van der Waals surface area contributed by atoms with Gasteiger partial charge in [-0.15, -0.1) is 0 Å². The minimum absolute atomic E-state index is 0.134. The normalized spacial score (nSPS) is 13.5. The van der Waals surface area contributed by atoms with Gasteiger partial charge < -0.3 is 4.74 Å². The van der Waals surface area contributed by atoms with Gasteiger partial charge in [0.1, 0.15) is 11.5 Å². The molecule has 2 nitrogen and oxygen atoms in total. The number of benzene rings is 2. The molecule has 0 N–H and O–H groups in total. The van der Waals surface area contributed by atoms with Crippen molar-refractivity contribution in [3.8, 4) is 5.75 Å². The smallest absolute Gasteiger partial charge is 0.137 e. The lowest BCUT2D eigenvalue weighted by Gasteiger charge is -2.25. The van der Waals surface area contributed by atoms with Crippen LogP contribution in [0.1, 0.15) is 43.2 Å². The molecule has 0 bridgehead atoms. The average molecular weight is 361 g/mol. The summed E-state index contributed by atoms with van der Waals surface area (Å²) in [5.74, 6) is 1.03. The summed E-state index contributed by atoms with van der Waals surface area (Å²) >= 11 is 3.52. The van der Waals surface area contributed by atoms with Gasteiger partial charge in [0.2, 0.25) is 0 Å². The van der Waals surface area contributed by atoms with Gasteiger partial charge in [-0.2, -0.15) is 0 Å². The fourth-order valence-corrected chi connectivity index (χ4v) is 3.38. The number of ketones is 1. The van der Waals surface area contributed by atoms with Crippen LogP contribution in [0.2, 0.25) is 0 Å². The van der Waals surface area contributed by atoms with Gasteiger partial charge in [-0.05, 0) is 54.7 Å². The predicted molar refractivity (Wildman–Crippen MR) is 93.6 cm³/mol. The van der Waals surface area contributed by atoms with E-state index in [9.17, 15) is 4.79 Å². The van der Waals surface area contributed by atoms with Gasteiger partial charge in [0.25, 0.3) is 0 Å². The van der Waals surface area contributed by atoms with E-state index in [0.29, 0.717) is 0 Å². The number of ether oxygens (including phenoxy) is 1. The minimum atomic E-state index is -0.134. The van der Waals surface area contributed by atoms with Crippen molar-refractivity contribution in [1.29, 1.82) is 0 Å². The molecule has 0 saturated heterocycles. The molecule has 0 unspecified atom stereocenters. The third kappa shape index (κ3) is 3.77. The molecule has 0 aliphatic rings. The molecule has 2 atom stereocenters. The summed E-state index contributed by atoms with van der Waals surface area (Å²) in [6.45, 7) is 3.81.